The van der Waals surface area contributed by atoms with E-state index in [2.05, 4.69) is 27.5 Å². The van der Waals surface area contributed by atoms with Crippen molar-refractivity contribution in [3.63, 3.8) is 0 Å². The quantitative estimate of drug-likeness (QED) is 0.834. The Morgan fingerprint density at radius 3 is 2.78 bits per heavy atom. The van der Waals surface area contributed by atoms with Crippen LogP contribution in [0.15, 0.2) is 12.4 Å². The van der Waals surface area contributed by atoms with Gasteiger partial charge >= 0.3 is 0 Å². The SMILES string of the molecule is CCC1(CNC(=O)c2cncc(NC)n2)CCC1. The Labute approximate surface area is 107 Å². The fourth-order valence-electron chi connectivity index (χ4n) is 2.29. The van der Waals surface area contributed by atoms with Crippen molar-refractivity contribution in [1.82, 2.24) is 15.3 Å². The molecule has 0 aromatic carbocycles. The van der Waals surface area contributed by atoms with E-state index in [1.807, 2.05) is 0 Å². The third-order valence-corrected chi connectivity index (χ3v) is 3.91. The highest BCUT2D eigenvalue weighted by Crippen LogP contribution is 2.43. The van der Waals surface area contributed by atoms with E-state index >= 15 is 0 Å². The van der Waals surface area contributed by atoms with Crippen LogP contribution in [0.25, 0.3) is 0 Å². The standard InChI is InChI=1S/C13H20N4O/c1-3-13(5-4-6-13)9-16-12(18)10-7-15-8-11(14-2)17-10/h7-8H,3-6,9H2,1-2H3,(H,14,17)(H,16,18). The number of carbonyl (C=O) groups is 1. The Morgan fingerprint density at radius 2 is 2.22 bits per heavy atom. The van der Waals surface area contributed by atoms with E-state index in [-0.39, 0.29) is 5.91 Å². The zero-order chi connectivity index (χ0) is 13.0. The zero-order valence-corrected chi connectivity index (χ0v) is 11.0. The van der Waals surface area contributed by atoms with Gasteiger partial charge in [0.1, 0.15) is 11.5 Å². The summed E-state index contributed by atoms with van der Waals surface area (Å²) in [6, 6.07) is 0. The molecule has 0 radical (unpaired) electrons. The Morgan fingerprint density at radius 1 is 1.44 bits per heavy atom. The minimum absolute atomic E-state index is 0.140. The molecule has 1 aromatic heterocycles. The maximum absolute atomic E-state index is 12.0. The molecule has 0 atom stereocenters. The molecule has 1 heterocycles. The number of aromatic nitrogens is 2. The van der Waals surface area contributed by atoms with Crippen LogP contribution in [0.4, 0.5) is 5.82 Å². The molecule has 98 valence electrons. The molecule has 0 spiro atoms. The van der Waals surface area contributed by atoms with Crippen LogP contribution in [-0.2, 0) is 0 Å². The number of carbonyl (C=O) groups excluding carboxylic acids is 1. The number of rotatable bonds is 5. The van der Waals surface area contributed by atoms with Gasteiger partial charge in [-0.3, -0.25) is 9.78 Å². The lowest BCUT2D eigenvalue weighted by Gasteiger charge is -2.41. The van der Waals surface area contributed by atoms with Crippen LogP contribution < -0.4 is 10.6 Å². The van der Waals surface area contributed by atoms with Gasteiger partial charge in [0, 0.05) is 13.6 Å². The van der Waals surface area contributed by atoms with Gasteiger partial charge < -0.3 is 10.6 Å². The Bertz CT molecular complexity index is 423. The first kappa shape index (κ1) is 12.8. The molecule has 18 heavy (non-hydrogen) atoms. The lowest BCUT2D eigenvalue weighted by atomic mass is 9.67. The average molecular weight is 248 g/mol. The lowest BCUT2D eigenvalue weighted by molar-refractivity contribution is 0.0845. The lowest BCUT2D eigenvalue weighted by Crippen LogP contribution is -2.41. The topological polar surface area (TPSA) is 66.9 Å². The van der Waals surface area contributed by atoms with Crippen LogP contribution in [0.2, 0.25) is 0 Å². The van der Waals surface area contributed by atoms with Gasteiger partial charge in [-0.15, -0.1) is 0 Å². The predicted molar refractivity (Wildman–Crippen MR) is 70.5 cm³/mol. The second-order valence-corrected chi connectivity index (χ2v) is 4.93. The molecule has 0 saturated heterocycles. The van der Waals surface area contributed by atoms with Gasteiger partial charge in [-0.05, 0) is 24.7 Å². The fraction of sp³-hybridized carbons (Fsp3) is 0.615. The minimum Gasteiger partial charge on any atom is -0.372 e. The van der Waals surface area contributed by atoms with Crippen molar-refractivity contribution in [2.45, 2.75) is 32.6 Å². The van der Waals surface area contributed by atoms with Crippen LogP contribution in [0.3, 0.4) is 0 Å². The summed E-state index contributed by atoms with van der Waals surface area (Å²) in [7, 11) is 1.76. The summed E-state index contributed by atoms with van der Waals surface area (Å²) in [6.07, 6.45) is 7.91. The van der Waals surface area contributed by atoms with Crippen LogP contribution in [0.1, 0.15) is 43.1 Å². The molecule has 1 aliphatic rings. The first-order chi connectivity index (χ1) is 8.69. The van der Waals surface area contributed by atoms with Crippen LogP contribution >= 0.6 is 0 Å². The molecule has 2 rings (SSSR count). The Hall–Kier alpha value is -1.65. The normalized spacial score (nSPS) is 16.8. The van der Waals surface area contributed by atoms with E-state index in [0.717, 1.165) is 13.0 Å². The number of amides is 1. The summed E-state index contributed by atoms with van der Waals surface area (Å²) in [6.45, 7) is 2.93. The van der Waals surface area contributed by atoms with Gasteiger partial charge in [0.2, 0.25) is 0 Å². The summed E-state index contributed by atoms with van der Waals surface area (Å²) in [5, 5.41) is 5.85. The highest BCUT2D eigenvalue weighted by molar-refractivity contribution is 5.92. The van der Waals surface area contributed by atoms with Crippen LogP contribution in [-0.4, -0.2) is 29.5 Å². The number of hydrogen-bond donors (Lipinski definition) is 2. The number of nitrogens with zero attached hydrogens (tertiary/aromatic N) is 2. The fourth-order valence-corrected chi connectivity index (χ4v) is 2.29. The van der Waals surface area contributed by atoms with E-state index in [0.29, 0.717) is 16.9 Å². The molecule has 1 aromatic rings. The molecule has 1 fully saturated rings. The molecule has 1 aliphatic carbocycles. The van der Waals surface area contributed by atoms with Crippen LogP contribution in [0, 0.1) is 5.41 Å². The van der Waals surface area contributed by atoms with E-state index in [1.165, 1.54) is 25.5 Å². The van der Waals surface area contributed by atoms with Gasteiger partial charge in [0.15, 0.2) is 0 Å². The maximum Gasteiger partial charge on any atom is 0.271 e. The molecule has 0 aliphatic heterocycles. The van der Waals surface area contributed by atoms with E-state index < -0.39 is 0 Å². The highest BCUT2D eigenvalue weighted by atomic mass is 16.1. The molecule has 1 saturated carbocycles. The van der Waals surface area contributed by atoms with Gasteiger partial charge in [0.25, 0.3) is 5.91 Å². The zero-order valence-electron chi connectivity index (χ0n) is 11.0. The van der Waals surface area contributed by atoms with E-state index in [1.54, 1.807) is 13.2 Å². The maximum atomic E-state index is 12.0. The second-order valence-electron chi connectivity index (χ2n) is 4.93. The van der Waals surface area contributed by atoms with E-state index in [9.17, 15) is 4.79 Å². The third-order valence-electron chi connectivity index (χ3n) is 3.91. The van der Waals surface area contributed by atoms with Crippen molar-refractivity contribution in [3.8, 4) is 0 Å². The van der Waals surface area contributed by atoms with E-state index in [4.69, 9.17) is 0 Å². The first-order valence-electron chi connectivity index (χ1n) is 6.47. The Kier molecular flexibility index (Phi) is 3.79. The number of hydrogen-bond acceptors (Lipinski definition) is 4. The Balaban J connectivity index is 1.95. The second kappa shape index (κ2) is 5.33. The molecule has 0 bridgehead atoms. The van der Waals surface area contributed by atoms with Gasteiger partial charge in [0.05, 0.1) is 12.4 Å². The molecular weight excluding hydrogens is 228 g/mol. The summed E-state index contributed by atoms with van der Waals surface area (Å²) in [5.41, 5.74) is 0.691. The monoisotopic (exact) mass is 248 g/mol. The summed E-state index contributed by atoms with van der Waals surface area (Å²) < 4.78 is 0. The van der Waals surface area contributed by atoms with Gasteiger partial charge in [-0.25, -0.2) is 4.98 Å². The van der Waals surface area contributed by atoms with Crippen LogP contribution in [0.5, 0.6) is 0 Å². The number of anilines is 1. The number of nitrogens with one attached hydrogen (secondary N) is 2. The molecule has 1 amide bonds. The average Bonchev–Trinajstić information content (AvgIpc) is 2.38. The molecule has 0 unspecified atom stereocenters. The van der Waals surface area contributed by atoms with Crippen molar-refractivity contribution in [2.75, 3.05) is 18.9 Å². The van der Waals surface area contributed by atoms with Crippen molar-refractivity contribution >= 4 is 11.7 Å². The van der Waals surface area contributed by atoms with Gasteiger partial charge in [-0.2, -0.15) is 0 Å². The summed E-state index contributed by atoms with van der Waals surface area (Å²) in [4.78, 5) is 20.1. The minimum atomic E-state index is -0.140. The van der Waals surface area contributed by atoms with Crippen molar-refractivity contribution in [3.05, 3.63) is 18.1 Å². The van der Waals surface area contributed by atoms with Crippen molar-refractivity contribution in [2.24, 2.45) is 5.41 Å². The summed E-state index contributed by atoms with van der Waals surface area (Å²) >= 11 is 0. The molecule has 2 N–H and O–H groups in total. The molecular formula is C13H20N4O. The summed E-state index contributed by atoms with van der Waals surface area (Å²) in [5.74, 6) is 0.468. The van der Waals surface area contributed by atoms with Gasteiger partial charge in [-0.1, -0.05) is 13.3 Å². The smallest absolute Gasteiger partial charge is 0.271 e. The predicted octanol–water partition coefficient (Wildman–Crippen LogP) is 1.83. The molecule has 5 nitrogen and oxygen atoms in total. The highest BCUT2D eigenvalue weighted by Gasteiger charge is 2.35. The largest absolute Gasteiger partial charge is 0.372 e. The van der Waals surface area contributed by atoms with Crippen molar-refractivity contribution in [1.29, 1.82) is 0 Å². The van der Waals surface area contributed by atoms with Crippen molar-refractivity contribution < 1.29 is 4.79 Å². The third kappa shape index (κ3) is 2.60. The first-order valence-corrected chi connectivity index (χ1v) is 6.47. The molecule has 5 heteroatoms.